The van der Waals surface area contributed by atoms with Crippen LogP contribution in [-0.2, 0) is 11.3 Å². The second-order valence-corrected chi connectivity index (χ2v) is 5.79. The predicted octanol–water partition coefficient (Wildman–Crippen LogP) is 3.56. The average molecular weight is 300 g/mol. The van der Waals surface area contributed by atoms with Crippen LogP contribution in [0, 0.1) is 11.7 Å². The Hall–Kier alpha value is -1.13. The van der Waals surface area contributed by atoms with E-state index in [1.807, 2.05) is 0 Å². The Balaban J connectivity index is 1.80. The number of nitrogens with zero attached hydrogens (tertiary/aromatic N) is 1. The van der Waals surface area contributed by atoms with Crippen molar-refractivity contribution in [2.24, 2.45) is 5.92 Å². The zero-order chi connectivity index (χ0) is 14.5. The molecule has 5 heteroatoms. The summed E-state index contributed by atoms with van der Waals surface area (Å²) in [5.41, 5.74) is 0.942. The third-order valence-corrected chi connectivity index (χ3v) is 4.23. The maximum Gasteiger partial charge on any atom is 0.303 e. The number of likely N-dealkylation sites (tertiary alicyclic amines) is 1. The molecule has 0 amide bonds. The SMILES string of the molecule is O=C(O)CCC1CCN(Cc2ccc(F)cc2Cl)CC1. The summed E-state index contributed by atoms with van der Waals surface area (Å²) in [7, 11) is 0. The van der Waals surface area contributed by atoms with Gasteiger partial charge in [-0.1, -0.05) is 17.7 Å². The first-order chi connectivity index (χ1) is 9.54. The summed E-state index contributed by atoms with van der Waals surface area (Å²) in [6.07, 6.45) is 3.06. The molecule has 1 aromatic carbocycles. The van der Waals surface area contributed by atoms with Crippen LogP contribution in [0.5, 0.6) is 0 Å². The van der Waals surface area contributed by atoms with Crippen LogP contribution in [0.2, 0.25) is 5.02 Å². The van der Waals surface area contributed by atoms with E-state index in [1.54, 1.807) is 6.07 Å². The molecule has 3 nitrogen and oxygen atoms in total. The summed E-state index contributed by atoms with van der Waals surface area (Å²) >= 11 is 6.03. The zero-order valence-corrected chi connectivity index (χ0v) is 12.1. The minimum absolute atomic E-state index is 0.258. The zero-order valence-electron chi connectivity index (χ0n) is 11.3. The highest BCUT2D eigenvalue weighted by Gasteiger charge is 2.20. The quantitative estimate of drug-likeness (QED) is 0.904. The summed E-state index contributed by atoms with van der Waals surface area (Å²) in [5.74, 6) is -0.525. The normalized spacial score (nSPS) is 17.3. The van der Waals surface area contributed by atoms with Crippen molar-refractivity contribution in [2.45, 2.75) is 32.2 Å². The molecule has 1 aromatic rings. The van der Waals surface area contributed by atoms with Crippen molar-refractivity contribution in [3.63, 3.8) is 0 Å². The molecule has 0 saturated carbocycles. The van der Waals surface area contributed by atoms with E-state index in [-0.39, 0.29) is 12.2 Å². The number of halogens is 2. The molecule has 2 rings (SSSR count). The van der Waals surface area contributed by atoms with Crippen LogP contribution in [0.3, 0.4) is 0 Å². The van der Waals surface area contributed by atoms with Crippen LogP contribution in [0.15, 0.2) is 18.2 Å². The number of hydrogen-bond acceptors (Lipinski definition) is 2. The smallest absolute Gasteiger partial charge is 0.303 e. The molecule has 1 N–H and O–H groups in total. The monoisotopic (exact) mass is 299 g/mol. The molecule has 1 saturated heterocycles. The Morgan fingerprint density at radius 3 is 2.70 bits per heavy atom. The van der Waals surface area contributed by atoms with Gasteiger partial charge in [0.05, 0.1) is 0 Å². The number of carboxylic acids is 1. The lowest BCUT2D eigenvalue weighted by atomic mass is 9.92. The van der Waals surface area contributed by atoms with Gasteiger partial charge in [0.15, 0.2) is 0 Å². The maximum absolute atomic E-state index is 13.0. The molecule has 0 aliphatic carbocycles. The van der Waals surface area contributed by atoms with Gasteiger partial charge in [-0.05, 0) is 56.0 Å². The Morgan fingerprint density at radius 2 is 2.10 bits per heavy atom. The molecule has 0 radical (unpaired) electrons. The van der Waals surface area contributed by atoms with E-state index in [0.29, 0.717) is 10.9 Å². The average Bonchev–Trinajstić information content (AvgIpc) is 2.41. The van der Waals surface area contributed by atoms with Gasteiger partial charge in [-0.3, -0.25) is 9.69 Å². The molecule has 0 atom stereocenters. The molecule has 1 aliphatic heterocycles. The van der Waals surface area contributed by atoms with E-state index in [2.05, 4.69) is 4.90 Å². The largest absolute Gasteiger partial charge is 0.481 e. The lowest BCUT2D eigenvalue weighted by molar-refractivity contribution is -0.137. The molecule has 0 unspecified atom stereocenters. The standard InChI is InChI=1S/C15H19ClFNO2/c16-14-9-13(17)3-2-12(14)10-18-7-5-11(6-8-18)1-4-15(19)20/h2-3,9,11H,1,4-8,10H2,(H,19,20). The number of piperidine rings is 1. The van der Waals surface area contributed by atoms with Crippen LogP contribution in [0.1, 0.15) is 31.2 Å². The van der Waals surface area contributed by atoms with E-state index in [1.165, 1.54) is 12.1 Å². The molecule has 1 heterocycles. The highest BCUT2D eigenvalue weighted by Crippen LogP contribution is 2.25. The molecule has 110 valence electrons. The summed E-state index contributed by atoms with van der Waals surface area (Å²) in [6.45, 7) is 2.61. The van der Waals surface area contributed by atoms with Crippen molar-refractivity contribution in [3.8, 4) is 0 Å². The fourth-order valence-electron chi connectivity index (χ4n) is 2.65. The van der Waals surface area contributed by atoms with Crippen molar-refractivity contribution in [2.75, 3.05) is 13.1 Å². The fourth-order valence-corrected chi connectivity index (χ4v) is 2.88. The topological polar surface area (TPSA) is 40.5 Å². The van der Waals surface area contributed by atoms with Crippen LogP contribution in [0.4, 0.5) is 4.39 Å². The van der Waals surface area contributed by atoms with Crippen LogP contribution < -0.4 is 0 Å². The van der Waals surface area contributed by atoms with Gasteiger partial charge in [-0.2, -0.15) is 0 Å². The second kappa shape index (κ2) is 7.04. The van der Waals surface area contributed by atoms with E-state index < -0.39 is 5.97 Å². The molecule has 20 heavy (non-hydrogen) atoms. The van der Waals surface area contributed by atoms with Crippen molar-refractivity contribution in [1.82, 2.24) is 4.90 Å². The number of hydrogen-bond donors (Lipinski definition) is 1. The predicted molar refractivity (Wildman–Crippen MR) is 76.3 cm³/mol. The second-order valence-electron chi connectivity index (χ2n) is 5.39. The lowest BCUT2D eigenvalue weighted by Gasteiger charge is -2.32. The number of benzene rings is 1. The Bertz CT molecular complexity index is 473. The highest BCUT2D eigenvalue weighted by molar-refractivity contribution is 6.31. The first-order valence-electron chi connectivity index (χ1n) is 6.92. The molecule has 0 spiro atoms. The molecule has 0 bridgehead atoms. The first-order valence-corrected chi connectivity index (χ1v) is 7.30. The van der Waals surface area contributed by atoms with E-state index >= 15 is 0 Å². The number of carbonyl (C=O) groups is 1. The highest BCUT2D eigenvalue weighted by atomic mass is 35.5. The van der Waals surface area contributed by atoms with Crippen molar-refractivity contribution in [3.05, 3.63) is 34.6 Å². The van der Waals surface area contributed by atoms with Gasteiger partial charge in [0.25, 0.3) is 0 Å². The molecular weight excluding hydrogens is 281 g/mol. The summed E-state index contributed by atoms with van der Waals surface area (Å²) in [5, 5.41) is 9.16. The van der Waals surface area contributed by atoms with Gasteiger partial charge in [0, 0.05) is 18.0 Å². The first kappa shape index (κ1) is 15.3. The van der Waals surface area contributed by atoms with Gasteiger partial charge in [-0.25, -0.2) is 4.39 Å². The molecule has 1 fully saturated rings. The minimum Gasteiger partial charge on any atom is -0.481 e. The van der Waals surface area contributed by atoms with Gasteiger partial charge < -0.3 is 5.11 Å². The summed E-state index contributed by atoms with van der Waals surface area (Å²) in [6, 6.07) is 4.51. The fraction of sp³-hybridized carbons (Fsp3) is 0.533. The molecule has 1 aliphatic rings. The summed E-state index contributed by atoms with van der Waals surface area (Å²) < 4.78 is 13.0. The van der Waals surface area contributed by atoms with E-state index in [9.17, 15) is 9.18 Å². The Kier molecular flexibility index (Phi) is 5.38. The minimum atomic E-state index is -0.717. The van der Waals surface area contributed by atoms with Gasteiger partial charge in [0.1, 0.15) is 5.82 Å². The maximum atomic E-state index is 13.0. The Labute approximate surface area is 123 Å². The van der Waals surface area contributed by atoms with Crippen LogP contribution in [0.25, 0.3) is 0 Å². The van der Waals surface area contributed by atoms with Crippen molar-refractivity contribution >= 4 is 17.6 Å². The third kappa shape index (κ3) is 4.46. The van der Waals surface area contributed by atoms with E-state index in [0.717, 1.165) is 44.5 Å². The third-order valence-electron chi connectivity index (χ3n) is 3.88. The number of carboxylic acid groups (broad SMARTS) is 1. The van der Waals surface area contributed by atoms with Crippen molar-refractivity contribution in [1.29, 1.82) is 0 Å². The molecule has 0 aromatic heterocycles. The van der Waals surface area contributed by atoms with Crippen LogP contribution >= 0.6 is 11.6 Å². The van der Waals surface area contributed by atoms with Gasteiger partial charge in [0.2, 0.25) is 0 Å². The molecular formula is C15H19ClFNO2. The summed E-state index contributed by atoms with van der Waals surface area (Å²) in [4.78, 5) is 12.8. The van der Waals surface area contributed by atoms with E-state index in [4.69, 9.17) is 16.7 Å². The van der Waals surface area contributed by atoms with Crippen LogP contribution in [-0.4, -0.2) is 29.1 Å². The number of aliphatic carboxylic acids is 1. The van der Waals surface area contributed by atoms with Gasteiger partial charge >= 0.3 is 5.97 Å². The van der Waals surface area contributed by atoms with Crippen molar-refractivity contribution < 1.29 is 14.3 Å². The number of rotatable bonds is 5. The van der Waals surface area contributed by atoms with Gasteiger partial charge in [-0.15, -0.1) is 0 Å². The lowest BCUT2D eigenvalue weighted by Crippen LogP contribution is -2.33. The Morgan fingerprint density at radius 1 is 1.40 bits per heavy atom.